The lowest BCUT2D eigenvalue weighted by atomic mass is 10.4. The van der Waals surface area contributed by atoms with Crippen LogP contribution >= 0.6 is 0 Å². The molecule has 1 heterocycles. The quantitative estimate of drug-likeness (QED) is 0.408. The van der Waals surface area contributed by atoms with Gasteiger partial charge in [0.25, 0.3) is 10.1 Å². The van der Waals surface area contributed by atoms with Crippen LogP contribution in [0, 0.1) is 0 Å². The van der Waals surface area contributed by atoms with Gasteiger partial charge in [-0.25, -0.2) is 5.84 Å². The molecule has 0 spiro atoms. The molecule has 0 fully saturated rings. The van der Waals surface area contributed by atoms with Crippen molar-refractivity contribution in [2.75, 3.05) is 12.8 Å². The van der Waals surface area contributed by atoms with Gasteiger partial charge in [0, 0.05) is 6.20 Å². The molecule has 3 N–H and O–H groups in total. The zero-order valence-corrected chi connectivity index (χ0v) is 7.53. The Hall–Kier alpha value is -0.850. The van der Waals surface area contributed by atoms with Crippen LogP contribution in [-0.2, 0) is 10.1 Å². The molecule has 0 amide bonds. The van der Waals surface area contributed by atoms with E-state index in [0.717, 1.165) is 6.54 Å². The average molecular weight is 192 g/mol. The highest BCUT2D eigenvalue weighted by molar-refractivity contribution is 7.85. The molecule has 0 aromatic carbocycles. The number of nitrogens with zero attached hydrogens (tertiary/aromatic N) is 1. The van der Waals surface area contributed by atoms with E-state index in [2.05, 4.69) is 0 Å². The molecule has 1 aliphatic rings. The van der Waals surface area contributed by atoms with Gasteiger partial charge in [-0.05, 0) is 6.08 Å². The topological polar surface area (TPSA) is 83.6 Å². The molecular weight excluding hydrogens is 180 g/mol. The van der Waals surface area contributed by atoms with Crippen molar-refractivity contribution in [1.29, 1.82) is 0 Å². The van der Waals surface area contributed by atoms with Crippen LogP contribution in [0.1, 0.15) is 0 Å². The van der Waals surface area contributed by atoms with Crippen molar-refractivity contribution in [3.63, 3.8) is 0 Å². The van der Waals surface area contributed by atoms with Gasteiger partial charge in [0.15, 0.2) is 0 Å². The Labute approximate surface area is 71.9 Å². The summed E-state index contributed by atoms with van der Waals surface area (Å²) in [7, 11) is -3.67. The van der Waals surface area contributed by atoms with E-state index in [9.17, 15) is 8.42 Å². The summed E-state index contributed by atoms with van der Waals surface area (Å²) in [6, 6.07) is 0. The number of hydrazine groups is 1. The first-order valence-electron chi connectivity index (χ1n) is 3.17. The standard InChI is InChI=1S/C5H8N2.CH4O3S/c6-7-4-2-1-3-5-7;1-5(2,3)4/h1-4H,5-6H2;1H3,(H,2,3,4). The summed E-state index contributed by atoms with van der Waals surface area (Å²) in [4.78, 5) is 0. The first-order valence-corrected chi connectivity index (χ1v) is 5.01. The van der Waals surface area contributed by atoms with Crippen LogP contribution in [0.5, 0.6) is 0 Å². The maximum Gasteiger partial charge on any atom is 0.261 e. The van der Waals surface area contributed by atoms with E-state index < -0.39 is 10.1 Å². The van der Waals surface area contributed by atoms with E-state index in [0.29, 0.717) is 6.26 Å². The zero-order valence-electron chi connectivity index (χ0n) is 6.71. The smallest absolute Gasteiger partial charge is 0.261 e. The first kappa shape index (κ1) is 11.2. The molecule has 0 aromatic heterocycles. The third-order valence-electron chi connectivity index (χ3n) is 0.841. The van der Waals surface area contributed by atoms with Gasteiger partial charge in [0.2, 0.25) is 0 Å². The minimum atomic E-state index is -3.67. The molecule has 0 unspecified atom stereocenters. The Morgan fingerprint density at radius 3 is 2.17 bits per heavy atom. The SMILES string of the molecule is CS(=O)(=O)O.NN1C=CC=CC1. The van der Waals surface area contributed by atoms with Crippen LogP contribution in [-0.4, -0.2) is 30.8 Å². The molecule has 1 aliphatic heterocycles. The number of allylic oxidation sites excluding steroid dienone is 2. The average Bonchev–Trinajstić information content (AvgIpc) is 1.85. The van der Waals surface area contributed by atoms with E-state index in [1.165, 1.54) is 0 Å². The lowest BCUT2D eigenvalue weighted by Crippen LogP contribution is -2.25. The Bertz CT molecular complexity index is 261. The number of hydrogen-bond acceptors (Lipinski definition) is 4. The van der Waals surface area contributed by atoms with Crippen LogP contribution in [0.3, 0.4) is 0 Å². The van der Waals surface area contributed by atoms with Crippen molar-refractivity contribution in [1.82, 2.24) is 5.01 Å². The van der Waals surface area contributed by atoms with Gasteiger partial charge in [0.05, 0.1) is 12.8 Å². The molecule has 0 aromatic rings. The molecule has 6 heteroatoms. The van der Waals surface area contributed by atoms with E-state index in [-0.39, 0.29) is 0 Å². The largest absolute Gasteiger partial charge is 0.314 e. The molecule has 70 valence electrons. The van der Waals surface area contributed by atoms with Gasteiger partial charge >= 0.3 is 0 Å². The highest BCUT2D eigenvalue weighted by atomic mass is 32.2. The molecule has 0 aliphatic carbocycles. The van der Waals surface area contributed by atoms with Crippen LogP contribution in [0.25, 0.3) is 0 Å². The molecule has 5 nitrogen and oxygen atoms in total. The maximum absolute atomic E-state index is 9.19. The fourth-order valence-electron chi connectivity index (χ4n) is 0.482. The predicted octanol–water partition coefficient (Wildman–Crippen LogP) is -0.250. The molecule has 12 heavy (non-hydrogen) atoms. The lowest BCUT2D eigenvalue weighted by Gasteiger charge is -2.11. The van der Waals surface area contributed by atoms with Crippen molar-refractivity contribution in [2.45, 2.75) is 0 Å². The number of rotatable bonds is 0. The predicted molar refractivity (Wildman–Crippen MR) is 46.6 cm³/mol. The zero-order chi connectivity index (χ0) is 9.61. The fourth-order valence-corrected chi connectivity index (χ4v) is 0.482. The Morgan fingerprint density at radius 2 is 2.00 bits per heavy atom. The lowest BCUT2D eigenvalue weighted by molar-refractivity contribution is 0.434. The van der Waals surface area contributed by atoms with E-state index in [4.69, 9.17) is 10.4 Å². The highest BCUT2D eigenvalue weighted by Crippen LogP contribution is 1.88. The molecule has 0 atom stereocenters. The highest BCUT2D eigenvalue weighted by Gasteiger charge is 1.86. The van der Waals surface area contributed by atoms with E-state index >= 15 is 0 Å². The second-order valence-corrected chi connectivity index (χ2v) is 3.67. The van der Waals surface area contributed by atoms with Crippen LogP contribution in [0.4, 0.5) is 0 Å². The third-order valence-corrected chi connectivity index (χ3v) is 0.841. The van der Waals surface area contributed by atoms with Gasteiger partial charge < -0.3 is 5.01 Å². The molecular formula is C6H12N2O3S. The molecule has 0 bridgehead atoms. The number of hydrogen-bond donors (Lipinski definition) is 2. The van der Waals surface area contributed by atoms with Gasteiger partial charge in [-0.1, -0.05) is 12.2 Å². The van der Waals surface area contributed by atoms with E-state index in [1.54, 1.807) is 5.01 Å². The van der Waals surface area contributed by atoms with Crippen molar-refractivity contribution in [2.24, 2.45) is 5.84 Å². The minimum absolute atomic E-state index is 0.715. The Balaban J connectivity index is 0.000000217. The summed E-state index contributed by atoms with van der Waals surface area (Å²) < 4.78 is 25.9. The molecule has 0 saturated heterocycles. The molecule has 1 rings (SSSR count). The van der Waals surface area contributed by atoms with Crippen LogP contribution in [0.15, 0.2) is 24.4 Å². The number of nitrogens with two attached hydrogens (primary N) is 1. The normalized spacial score (nSPS) is 15.4. The van der Waals surface area contributed by atoms with Crippen LogP contribution in [0.2, 0.25) is 0 Å². The van der Waals surface area contributed by atoms with Gasteiger partial charge in [0.1, 0.15) is 0 Å². The molecule has 0 saturated carbocycles. The summed E-state index contributed by atoms with van der Waals surface area (Å²) in [6.45, 7) is 0.830. The van der Waals surface area contributed by atoms with E-state index in [1.807, 2.05) is 24.4 Å². The van der Waals surface area contributed by atoms with Crippen molar-refractivity contribution in [3.8, 4) is 0 Å². The second-order valence-electron chi connectivity index (χ2n) is 2.20. The van der Waals surface area contributed by atoms with Crippen molar-refractivity contribution in [3.05, 3.63) is 24.4 Å². The van der Waals surface area contributed by atoms with Crippen molar-refractivity contribution < 1.29 is 13.0 Å². The fraction of sp³-hybridized carbons (Fsp3) is 0.333. The van der Waals surface area contributed by atoms with Gasteiger partial charge in [-0.15, -0.1) is 0 Å². The summed E-state index contributed by atoms with van der Waals surface area (Å²) in [5.74, 6) is 5.33. The summed E-state index contributed by atoms with van der Waals surface area (Å²) in [6.07, 6.45) is 8.43. The van der Waals surface area contributed by atoms with Crippen LogP contribution < -0.4 is 5.84 Å². The van der Waals surface area contributed by atoms with Crippen molar-refractivity contribution >= 4 is 10.1 Å². The monoisotopic (exact) mass is 192 g/mol. The maximum atomic E-state index is 9.19. The van der Waals surface area contributed by atoms with Gasteiger partial charge in [-0.2, -0.15) is 8.42 Å². The summed E-state index contributed by atoms with van der Waals surface area (Å²) in [5.41, 5.74) is 0. The Morgan fingerprint density at radius 1 is 1.50 bits per heavy atom. The van der Waals surface area contributed by atoms with Gasteiger partial charge in [-0.3, -0.25) is 4.55 Å². The Kier molecular flexibility index (Phi) is 4.57. The summed E-state index contributed by atoms with van der Waals surface area (Å²) in [5, 5.41) is 1.62. The molecule has 0 radical (unpaired) electrons. The summed E-state index contributed by atoms with van der Waals surface area (Å²) >= 11 is 0. The third kappa shape index (κ3) is 11.9. The minimum Gasteiger partial charge on any atom is -0.314 e. The second kappa shape index (κ2) is 4.91. The first-order chi connectivity index (χ1) is 5.39.